The van der Waals surface area contributed by atoms with Crippen molar-refractivity contribution in [1.29, 1.82) is 0 Å². The number of carboxylic acid groups (broad SMARTS) is 1. The van der Waals surface area contributed by atoms with Crippen LogP contribution < -0.4 is 16.1 Å². The second kappa shape index (κ2) is 6.64. The first kappa shape index (κ1) is 16.1. The molecule has 0 aliphatic heterocycles. The highest BCUT2D eigenvalue weighted by Crippen LogP contribution is 2.06. The van der Waals surface area contributed by atoms with Crippen LogP contribution in [0.2, 0.25) is 0 Å². The predicted molar refractivity (Wildman–Crippen MR) is 80.6 cm³/mol. The molecule has 2 aromatic rings. The molecule has 3 amide bonds. The maximum atomic E-state index is 12.2. The van der Waals surface area contributed by atoms with E-state index in [4.69, 9.17) is 5.11 Å². The molecule has 1 atom stereocenters. The van der Waals surface area contributed by atoms with Gasteiger partial charge < -0.3 is 15.7 Å². The number of hydrogen-bond acceptors (Lipinski definition) is 4. The molecule has 4 N–H and O–H groups in total. The third-order valence-corrected chi connectivity index (χ3v) is 2.90. The molecule has 0 aliphatic carbocycles. The first-order chi connectivity index (χ1) is 10.9. The average molecular weight is 320 g/mol. The zero-order chi connectivity index (χ0) is 17.0. The summed E-state index contributed by atoms with van der Waals surface area (Å²) in [6, 6.07) is 3.74. The number of amides is 3. The van der Waals surface area contributed by atoms with Gasteiger partial charge in [0.1, 0.15) is 11.7 Å². The number of hydrogen-bond donors (Lipinski definition) is 4. The molecule has 0 aliphatic rings. The number of rotatable bonds is 5. The molecule has 0 spiro atoms. The summed E-state index contributed by atoms with van der Waals surface area (Å²) in [6.45, 7) is 1.39. The molecule has 0 saturated heterocycles. The van der Waals surface area contributed by atoms with E-state index in [0.717, 1.165) is 0 Å². The topological polar surface area (TPSA) is 130 Å². The molecule has 0 radical (unpaired) electrons. The Kier molecular flexibility index (Phi) is 4.64. The molecule has 0 bridgehead atoms. The van der Waals surface area contributed by atoms with Gasteiger partial charge in [-0.05, 0) is 19.1 Å². The summed E-state index contributed by atoms with van der Waals surface area (Å²) in [5.41, 5.74) is 2.61. The second-order valence-corrected chi connectivity index (χ2v) is 4.74. The molecule has 23 heavy (non-hydrogen) atoms. The average Bonchev–Trinajstić information content (AvgIpc) is 3.07. The SMILES string of the molecule is CC(NC(=O)O)C(=O)Nn1cccc1C(=O)Nc1ccn(C)n1. The molecular weight excluding hydrogens is 304 g/mol. The molecule has 2 aromatic heterocycles. The Morgan fingerprint density at radius 2 is 2.00 bits per heavy atom. The van der Waals surface area contributed by atoms with E-state index in [0.29, 0.717) is 5.82 Å². The minimum absolute atomic E-state index is 0.173. The number of carbonyl (C=O) groups excluding carboxylic acids is 2. The number of aryl methyl sites for hydroxylation is 1. The molecular formula is C13H16N6O4. The summed E-state index contributed by atoms with van der Waals surface area (Å²) >= 11 is 0. The first-order valence-corrected chi connectivity index (χ1v) is 6.65. The standard InChI is InChI=1S/C13H16N6O4/c1-8(14-13(22)23)11(20)17-19-6-3-4-9(19)12(21)15-10-5-7-18(2)16-10/h3-8,14H,1-2H3,(H,17,20)(H,22,23)(H,15,16,21). The monoisotopic (exact) mass is 320 g/mol. The number of nitrogens with one attached hydrogen (secondary N) is 3. The van der Waals surface area contributed by atoms with Gasteiger partial charge in [0.05, 0.1) is 0 Å². The second-order valence-electron chi connectivity index (χ2n) is 4.74. The normalized spacial score (nSPS) is 11.6. The van der Waals surface area contributed by atoms with Crippen LogP contribution in [0.1, 0.15) is 17.4 Å². The van der Waals surface area contributed by atoms with E-state index in [-0.39, 0.29) is 5.69 Å². The first-order valence-electron chi connectivity index (χ1n) is 6.65. The summed E-state index contributed by atoms with van der Waals surface area (Å²) in [4.78, 5) is 34.6. The largest absolute Gasteiger partial charge is 0.465 e. The van der Waals surface area contributed by atoms with E-state index >= 15 is 0 Å². The van der Waals surface area contributed by atoms with Gasteiger partial charge in [-0.2, -0.15) is 5.10 Å². The van der Waals surface area contributed by atoms with Gasteiger partial charge in [0.15, 0.2) is 5.82 Å². The third-order valence-electron chi connectivity index (χ3n) is 2.90. The number of carbonyl (C=O) groups is 3. The molecule has 1 unspecified atom stereocenters. The lowest BCUT2D eigenvalue weighted by atomic mass is 10.3. The number of anilines is 1. The fourth-order valence-corrected chi connectivity index (χ4v) is 1.79. The van der Waals surface area contributed by atoms with Crippen LogP contribution in [0.15, 0.2) is 30.6 Å². The molecule has 0 fully saturated rings. The maximum absolute atomic E-state index is 12.2. The van der Waals surface area contributed by atoms with Crippen LogP contribution in [0.5, 0.6) is 0 Å². The minimum Gasteiger partial charge on any atom is -0.465 e. The van der Waals surface area contributed by atoms with E-state index in [1.54, 1.807) is 25.4 Å². The quantitative estimate of drug-likeness (QED) is 0.625. The highest BCUT2D eigenvalue weighted by atomic mass is 16.4. The van der Waals surface area contributed by atoms with Crippen molar-refractivity contribution in [3.63, 3.8) is 0 Å². The summed E-state index contributed by atoms with van der Waals surface area (Å²) in [6.07, 6.45) is 1.84. The van der Waals surface area contributed by atoms with Crippen molar-refractivity contribution in [2.75, 3.05) is 10.7 Å². The third kappa shape index (κ3) is 4.09. The molecule has 122 valence electrons. The molecule has 0 saturated carbocycles. The molecule has 10 nitrogen and oxygen atoms in total. The fourth-order valence-electron chi connectivity index (χ4n) is 1.79. The summed E-state index contributed by atoms with van der Waals surface area (Å²) in [5.74, 6) is -0.694. The van der Waals surface area contributed by atoms with Crippen molar-refractivity contribution in [2.45, 2.75) is 13.0 Å². The predicted octanol–water partition coefficient (Wildman–Crippen LogP) is 0.200. The van der Waals surface area contributed by atoms with Crippen molar-refractivity contribution < 1.29 is 19.5 Å². The van der Waals surface area contributed by atoms with Crippen LogP contribution in [-0.2, 0) is 11.8 Å². The van der Waals surface area contributed by atoms with E-state index in [1.807, 2.05) is 5.32 Å². The van der Waals surface area contributed by atoms with Crippen LogP contribution in [0.25, 0.3) is 0 Å². The fraction of sp³-hybridized carbons (Fsp3) is 0.231. The zero-order valence-electron chi connectivity index (χ0n) is 12.5. The molecule has 0 aromatic carbocycles. The highest BCUT2D eigenvalue weighted by molar-refractivity contribution is 6.03. The zero-order valence-corrected chi connectivity index (χ0v) is 12.5. The van der Waals surface area contributed by atoms with Crippen molar-refractivity contribution in [1.82, 2.24) is 19.8 Å². The lowest BCUT2D eigenvalue weighted by molar-refractivity contribution is -0.118. The Hall–Kier alpha value is -3.30. The van der Waals surface area contributed by atoms with Gasteiger partial charge in [-0.3, -0.25) is 24.4 Å². The molecule has 2 heterocycles. The van der Waals surface area contributed by atoms with E-state index in [2.05, 4.69) is 15.8 Å². The lowest BCUT2D eigenvalue weighted by Gasteiger charge is -2.14. The number of aromatic nitrogens is 3. The van der Waals surface area contributed by atoms with Crippen molar-refractivity contribution in [3.05, 3.63) is 36.3 Å². The highest BCUT2D eigenvalue weighted by Gasteiger charge is 2.18. The van der Waals surface area contributed by atoms with Gasteiger partial charge in [0.2, 0.25) is 0 Å². The van der Waals surface area contributed by atoms with E-state index in [9.17, 15) is 14.4 Å². The Morgan fingerprint density at radius 1 is 1.26 bits per heavy atom. The van der Waals surface area contributed by atoms with Crippen molar-refractivity contribution in [3.8, 4) is 0 Å². The van der Waals surface area contributed by atoms with Gasteiger partial charge in [0.25, 0.3) is 11.8 Å². The van der Waals surface area contributed by atoms with Crippen molar-refractivity contribution >= 4 is 23.7 Å². The Balaban J connectivity index is 2.05. The molecule has 10 heteroatoms. The summed E-state index contributed by atoms with van der Waals surface area (Å²) in [5, 5.41) is 17.2. The van der Waals surface area contributed by atoms with Gasteiger partial charge >= 0.3 is 6.09 Å². The van der Waals surface area contributed by atoms with Crippen LogP contribution in [0.3, 0.4) is 0 Å². The van der Waals surface area contributed by atoms with Gasteiger partial charge in [-0.1, -0.05) is 0 Å². The van der Waals surface area contributed by atoms with E-state index < -0.39 is 23.9 Å². The van der Waals surface area contributed by atoms with Gasteiger partial charge in [-0.15, -0.1) is 0 Å². The van der Waals surface area contributed by atoms with Crippen LogP contribution in [-0.4, -0.2) is 43.5 Å². The minimum atomic E-state index is -1.31. The smallest absolute Gasteiger partial charge is 0.405 e. The lowest BCUT2D eigenvalue weighted by Crippen LogP contribution is -2.43. The van der Waals surface area contributed by atoms with Gasteiger partial charge in [-0.25, -0.2) is 4.79 Å². The Morgan fingerprint density at radius 3 is 2.61 bits per heavy atom. The summed E-state index contributed by atoms with van der Waals surface area (Å²) in [7, 11) is 1.72. The summed E-state index contributed by atoms with van der Waals surface area (Å²) < 4.78 is 2.75. The van der Waals surface area contributed by atoms with E-state index in [1.165, 1.54) is 28.5 Å². The van der Waals surface area contributed by atoms with Crippen molar-refractivity contribution in [2.24, 2.45) is 7.05 Å². The maximum Gasteiger partial charge on any atom is 0.405 e. The Bertz CT molecular complexity index is 734. The molecule has 2 rings (SSSR count). The Labute approximate surface area is 131 Å². The van der Waals surface area contributed by atoms with Crippen LogP contribution in [0, 0.1) is 0 Å². The van der Waals surface area contributed by atoms with Crippen LogP contribution >= 0.6 is 0 Å². The number of nitrogens with zero attached hydrogens (tertiary/aromatic N) is 3. The van der Waals surface area contributed by atoms with Crippen LogP contribution in [0.4, 0.5) is 10.6 Å². The van der Waals surface area contributed by atoms with Gasteiger partial charge in [0, 0.05) is 25.5 Å².